The molecule has 0 aliphatic rings. The topological polar surface area (TPSA) is 40.5 Å². The molecule has 2 aromatic rings. The molecule has 0 bridgehead atoms. The van der Waals surface area contributed by atoms with Crippen molar-refractivity contribution in [3.05, 3.63) is 71.5 Å². The smallest absolute Gasteiger partial charge is 0.129 e. The zero-order valence-corrected chi connectivity index (χ0v) is 10.5. The first-order chi connectivity index (χ1) is 9.18. The van der Waals surface area contributed by atoms with E-state index in [0.717, 1.165) is 5.56 Å². The lowest BCUT2D eigenvalue weighted by molar-refractivity contribution is 0.0117. The highest BCUT2D eigenvalue weighted by molar-refractivity contribution is 5.21. The van der Waals surface area contributed by atoms with E-state index < -0.39 is 18.0 Å². The SMILES string of the molecule is OC(CCc1ccccc1)C(O)c1ccccc1F. The second kappa shape index (κ2) is 6.45. The van der Waals surface area contributed by atoms with Gasteiger partial charge >= 0.3 is 0 Å². The van der Waals surface area contributed by atoms with Crippen LogP contribution in [0.3, 0.4) is 0 Å². The van der Waals surface area contributed by atoms with Gasteiger partial charge in [0.1, 0.15) is 11.9 Å². The molecule has 2 N–H and O–H groups in total. The molecule has 0 spiro atoms. The molecule has 0 aromatic heterocycles. The first-order valence-electron chi connectivity index (χ1n) is 6.33. The van der Waals surface area contributed by atoms with E-state index in [2.05, 4.69) is 0 Å². The number of halogens is 1. The lowest BCUT2D eigenvalue weighted by Crippen LogP contribution is -2.20. The van der Waals surface area contributed by atoms with Gasteiger partial charge in [-0.15, -0.1) is 0 Å². The number of hydrogen-bond acceptors (Lipinski definition) is 2. The summed E-state index contributed by atoms with van der Waals surface area (Å²) >= 11 is 0. The van der Waals surface area contributed by atoms with E-state index in [4.69, 9.17) is 0 Å². The summed E-state index contributed by atoms with van der Waals surface area (Å²) in [5.41, 5.74) is 1.23. The fourth-order valence-corrected chi connectivity index (χ4v) is 2.04. The maximum Gasteiger partial charge on any atom is 0.129 e. The number of aliphatic hydroxyl groups excluding tert-OH is 2. The van der Waals surface area contributed by atoms with Crippen molar-refractivity contribution < 1.29 is 14.6 Å². The van der Waals surface area contributed by atoms with E-state index in [1.807, 2.05) is 30.3 Å². The van der Waals surface area contributed by atoms with E-state index in [0.29, 0.717) is 12.8 Å². The Morgan fingerprint density at radius 2 is 1.53 bits per heavy atom. The summed E-state index contributed by atoms with van der Waals surface area (Å²) in [6.07, 6.45) is -1.13. The number of aryl methyl sites for hydroxylation is 1. The van der Waals surface area contributed by atoms with Crippen molar-refractivity contribution in [1.82, 2.24) is 0 Å². The second-order valence-corrected chi connectivity index (χ2v) is 4.56. The molecular weight excluding hydrogens is 243 g/mol. The fraction of sp³-hybridized carbons (Fsp3) is 0.250. The van der Waals surface area contributed by atoms with Gasteiger partial charge in [0.15, 0.2) is 0 Å². The fourth-order valence-electron chi connectivity index (χ4n) is 2.04. The molecule has 100 valence electrons. The third-order valence-electron chi connectivity index (χ3n) is 3.16. The Morgan fingerprint density at radius 3 is 2.21 bits per heavy atom. The zero-order valence-electron chi connectivity index (χ0n) is 10.5. The molecular formula is C16H17FO2. The number of aliphatic hydroxyl groups is 2. The zero-order chi connectivity index (χ0) is 13.7. The van der Waals surface area contributed by atoms with E-state index in [9.17, 15) is 14.6 Å². The number of hydrogen-bond donors (Lipinski definition) is 2. The van der Waals surface area contributed by atoms with Crippen molar-refractivity contribution in [2.45, 2.75) is 25.0 Å². The Kier molecular flexibility index (Phi) is 4.66. The molecule has 19 heavy (non-hydrogen) atoms. The van der Waals surface area contributed by atoms with Gasteiger partial charge in [0.05, 0.1) is 6.10 Å². The maximum absolute atomic E-state index is 13.5. The minimum atomic E-state index is -1.19. The second-order valence-electron chi connectivity index (χ2n) is 4.56. The van der Waals surface area contributed by atoms with E-state index in [-0.39, 0.29) is 5.56 Å². The molecule has 0 radical (unpaired) electrons. The van der Waals surface area contributed by atoms with Crippen molar-refractivity contribution in [3.63, 3.8) is 0 Å². The van der Waals surface area contributed by atoms with Crippen LogP contribution in [0.1, 0.15) is 23.7 Å². The van der Waals surface area contributed by atoms with Crippen LogP contribution in [0.25, 0.3) is 0 Å². The van der Waals surface area contributed by atoms with Crippen molar-refractivity contribution >= 4 is 0 Å². The first-order valence-corrected chi connectivity index (χ1v) is 6.33. The van der Waals surface area contributed by atoms with Gasteiger partial charge in [0, 0.05) is 5.56 Å². The summed E-state index contributed by atoms with van der Waals surface area (Å²) in [7, 11) is 0. The monoisotopic (exact) mass is 260 g/mol. The molecule has 2 nitrogen and oxygen atoms in total. The number of benzene rings is 2. The highest BCUT2D eigenvalue weighted by Gasteiger charge is 2.20. The summed E-state index contributed by atoms with van der Waals surface area (Å²) in [5.74, 6) is -0.492. The third kappa shape index (κ3) is 3.63. The highest BCUT2D eigenvalue weighted by atomic mass is 19.1. The molecule has 0 heterocycles. The van der Waals surface area contributed by atoms with Crippen LogP contribution in [0.4, 0.5) is 4.39 Å². The van der Waals surface area contributed by atoms with Gasteiger partial charge in [-0.2, -0.15) is 0 Å². The minimum Gasteiger partial charge on any atom is -0.390 e. The molecule has 2 unspecified atom stereocenters. The van der Waals surface area contributed by atoms with Gasteiger partial charge in [-0.1, -0.05) is 48.5 Å². The Morgan fingerprint density at radius 1 is 0.895 bits per heavy atom. The molecule has 2 atom stereocenters. The first kappa shape index (κ1) is 13.7. The van der Waals surface area contributed by atoms with Crippen LogP contribution in [-0.4, -0.2) is 16.3 Å². The summed E-state index contributed by atoms with van der Waals surface area (Å²) in [6.45, 7) is 0. The summed E-state index contributed by atoms with van der Waals surface area (Å²) in [4.78, 5) is 0. The molecule has 0 aliphatic carbocycles. The molecule has 3 heteroatoms. The van der Waals surface area contributed by atoms with Gasteiger partial charge in [0.2, 0.25) is 0 Å². The normalized spacial score (nSPS) is 14.1. The van der Waals surface area contributed by atoms with Crippen LogP contribution in [0.2, 0.25) is 0 Å². The standard InChI is InChI=1S/C16H17FO2/c17-14-9-5-4-8-13(14)16(19)15(18)11-10-12-6-2-1-3-7-12/h1-9,15-16,18-19H,10-11H2. The van der Waals surface area contributed by atoms with Crippen molar-refractivity contribution in [2.75, 3.05) is 0 Å². The Bertz CT molecular complexity index is 513. The van der Waals surface area contributed by atoms with Crippen molar-refractivity contribution in [3.8, 4) is 0 Å². The van der Waals surface area contributed by atoms with Crippen LogP contribution < -0.4 is 0 Å². The Labute approximate surface area is 112 Å². The van der Waals surface area contributed by atoms with Crippen molar-refractivity contribution in [2.24, 2.45) is 0 Å². The van der Waals surface area contributed by atoms with Crippen molar-refractivity contribution in [1.29, 1.82) is 0 Å². The third-order valence-corrected chi connectivity index (χ3v) is 3.16. The molecule has 0 amide bonds. The average Bonchev–Trinajstić information content (AvgIpc) is 2.45. The van der Waals surface area contributed by atoms with E-state index in [1.54, 1.807) is 12.1 Å². The van der Waals surface area contributed by atoms with Crippen LogP contribution in [-0.2, 0) is 6.42 Å². The molecule has 2 rings (SSSR count). The van der Waals surface area contributed by atoms with Crippen LogP contribution in [0.15, 0.2) is 54.6 Å². The lowest BCUT2D eigenvalue weighted by atomic mass is 9.98. The van der Waals surface area contributed by atoms with Gasteiger partial charge in [0.25, 0.3) is 0 Å². The largest absolute Gasteiger partial charge is 0.390 e. The van der Waals surface area contributed by atoms with Gasteiger partial charge in [-0.25, -0.2) is 4.39 Å². The van der Waals surface area contributed by atoms with E-state index in [1.165, 1.54) is 12.1 Å². The van der Waals surface area contributed by atoms with E-state index >= 15 is 0 Å². The summed E-state index contributed by atoms with van der Waals surface area (Å²) < 4.78 is 13.5. The average molecular weight is 260 g/mol. The molecule has 0 aliphatic heterocycles. The summed E-state index contributed by atoms with van der Waals surface area (Å²) in [6, 6.07) is 15.7. The molecule has 0 saturated heterocycles. The van der Waals surface area contributed by atoms with Crippen LogP contribution in [0.5, 0.6) is 0 Å². The van der Waals surface area contributed by atoms with Gasteiger partial charge < -0.3 is 10.2 Å². The van der Waals surface area contributed by atoms with Gasteiger partial charge in [-0.05, 0) is 24.5 Å². The molecule has 0 fully saturated rings. The predicted molar refractivity (Wildman–Crippen MR) is 72.1 cm³/mol. The maximum atomic E-state index is 13.5. The Balaban J connectivity index is 1.96. The minimum absolute atomic E-state index is 0.142. The Hall–Kier alpha value is -1.71. The molecule has 0 saturated carbocycles. The van der Waals surface area contributed by atoms with Crippen LogP contribution in [0, 0.1) is 5.82 Å². The number of rotatable bonds is 5. The highest BCUT2D eigenvalue weighted by Crippen LogP contribution is 2.22. The lowest BCUT2D eigenvalue weighted by Gasteiger charge is -2.18. The predicted octanol–water partition coefficient (Wildman–Crippen LogP) is 2.85. The van der Waals surface area contributed by atoms with Crippen LogP contribution >= 0.6 is 0 Å². The van der Waals surface area contributed by atoms with Gasteiger partial charge in [-0.3, -0.25) is 0 Å². The summed E-state index contributed by atoms with van der Waals surface area (Å²) in [5, 5.41) is 19.9. The quantitative estimate of drug-likeness (QED) is 0.868. The molecule has 2 aromatic carbocycles.